The molecule has 0 bridgehead atoms. The number of ether oxygens (including phenoxy) is 1. The van der Waals surface area contributed by atoms with Gasteiger partial charge in [0.05, 0.1) is 12.8 Å². The molecule has 2 aromatic rings. The zero-order valence-electron chi connectivity index (χ0n) is 12.5. The van der Waals surface area contributed by atoms with Crippen molar-refractivity contribution in [3.63, 3.8) is 0 Å². The van der Waals surface area contributed by atoms with Crippen LogP contribution in [0.25, 0.3) is 11.3 Å². The van der Waals surface area contributed by atoms with Crippen LogP contribution in [0.3, 0.4) is 0 Å². The molecule has 4 heteroatoms. The lowest BCUT2D eigenvalue weighted by Gasteiger charge is -2.15. The number of benzene rings is 1. The van der Waals surface area contributed by atoms with Gasteiger partial charge in [0.15, 0.2) is 0 Å². The van der Waals surface area contributed by atoms with Crippen molar-refractivity contribution in [2.45, 2.75) is 27.2 Å². The minimum atomic E-state index is 0.559. The molecule has 0 aliphatic heterocycles. The Morgan fingerprint density at radius 1 is 1.20 bits per heavy atom. The van der Waals surface area contributed by atoms with Gasteiger partial charge in [-0.2, -0.15) is 0 Å². The summed E-state index contributed by atoms with van der Waals surface area (Å²) in [5, 5.41) is 0. The second-order valence-electron chi connectivity index (χ2n) is 4.92. The van der Waals surface area contributed by atoms with Crippen molar-refractivity contribution in [3.8, 4) is 17.0 Å². The third kappa shape index (κ3) is 2.65. The highest BCUT2D eigenvalue weighted by molar-refractivity contribution is 5.68. The molecule has 0 unspecified atom stereocenters. The summed E-state index contributed by atoms with van der Waals surface area (Å²) in [5.74, 6) is 1.73. The third-order valence-corrected chi connectivity index (χ3v) is 3.58. The van der Waals surface area contributed by atoms with E-state index in [0.717, 1.165) is 34.0 Å². The van der Waals surface area contributed by atoms with Crippen LogP contribution in [0.5, 0.6) is 5.75 Å². The molecule has 0 atom stereocenters. The van der Waals surface area contributed by atoms with Gasteiger partial charge in [-0.15, -0.1) is 0 Å². The van der Waals surface area contributed by atoms with Gasteiger partial charge in [0.1, 0.15) is 11.6 Å². The smallest absolute Gasteiger partial charge is 0.130 e. The zero-order chi connectivity index (χ0) is 14.7. The minimum Gasteiger partial charge on any atom is -0.496 e. The molecule has 0 saturated heterocycles. The van der Waals surface area contributed by atoms with E-state index in [9.17, 15) is 0 Å². The molecule has 0 aliphatic carbocycles. The second kappa shape index (κ2) is 6.01. The molecule has 0 fully saturated rings. The monoisotopic (exact) mass is 271 g/mol. The molecular formula is C16H21N3O. The number of rotatable bonds is 4. The van der Waals surface area contributed by atoms with Crippen molar-refractivity contribution in [1.29, 1.82) is 0 Å². The molecule has 0 aliphatic rings. The van der Waals surface area contributed by atoms with E-state index in [2.05, 4.69) is 36.8 Å². The van der Waals surface area contributed by atoms with Gasteiger partial charge in [0.25, 0.3) is 0 Å². The molecule has 0 spiro atoms. The maximum Gasteiger partial charge on any atom is 0.130 e. The van der Waals surface area contributed by atoms with Gasteiger partial charge in [-0.25, -0.2) is 9.97 Å². The van der Waals surface area contributed by atoms with Crippen LogP contribution in [0.2, 0.25) is 0 Å². The maximum atomic E-state index is 5.57. The first-order chi connectivity index (χ1) is 9.58. The van der Waals surface area contributed by atoms with Gasteiger partial charge in [-0.1, -0.05) is 0 Å². The van der Waals surface area contributed by atoms with Gasteiger partial charge in [-0.3, -0.25) is 0 Å². The fourth-order valence-electron chi connectivity index (χ4n) is 2.44. The normalized spacial score (nSPS) is 10.7. The van der Waals surface area contributed by atoms with Crippen molar-refractivity contribution < 1.29 is 4.74 Å². The van der Waals surface area contributed by atoms with Crippen LogP contribution in [0, 0.1) is 20.8 Å². The lowest BCUT2D eigenvalue weighted by Crippen LogP contribution is -2.07. The van der Waals surface area contributed by atoms with Gasteiger partial charge in [-0.05, 0) is 56.1 Å². The average Bonchev–Trinajstić information content (AvgIpc) is 2.44. The largest absolute Gasteiger partial charge is 0.496 e. The molecule has 1 aromatic heterocycles. The van der Waals surface area contributed by atoms with Crippen molar-refractivity contribution in [1.82, 2.24) is 9.97 Å². The first-order valence-corrected chi connectivity index (χ1v) is 6.75. The van der Waals surface area contributed by atoms with Gasteiger partial charge in [0, 0.05) is 18.2 Å². The molecule has 106 valence electrons. The summed E-state index contributed by atoms with van der Waals surface area (Å²) in [7, 11) is 1.71. The Balaban J connectivity index is 2.55. The standard InChI is InChI=1S/C16H21N3O/c1-10-9-13(11(2)12(3)16(10)20-4)14-6-8-18-15(19-14)5-7-17/h6,8-9H,5,7,17H2,1-4H3. The lowest BCUT2D eigenvalue weighted by molar-refractivity contribution is 0.408. The number of aryl methyl sites for hydroxylation is 1. The lowest BCUT2D eigenvalue weighted by atomic mass is 9.96. The van der Waals surface area contributed by atoms with Crippen molar-refractivity contribution in [2.75, 3.05) is 13.7 Å². The van der Waals surface area contributed by atoms with E-state index in [4.69, 9.17) is 10.5 Å². The minimum absolute atomic E-state index is 0.559. The molecular weight excluding hydrogens is 250 g/mol. The number of aromatic nitrogens is 2. The van der Waals surface area contributed by atoms with E-state index in [1.54, 1.807) is 13.3 Å². The van der Waals surface area contributed by atoms with Crippen molar-refractivity contribution in [3.05, 3.63) is 40.8 Å². The second-order valence-corrected chi connectivity index (χ2v) is 4.92. The van der Waals surface area contributed by atoms with Crippen LogP contribution in [0.1, 0.15) is 22.5 Å². The number of hydrogen-bond donors (Lipinski definition) is 1. The van der Waals surface area contributed by atoms with Crippen LogP contribution in [0.15, 0.2) is 18.3 Å². The van der Waals surface area contributed by atoms with E-state index in [1.807, 2.05) is 6.07 Å². The predicted molar refractivity (Wildman–Crippen MR) is 81.0 cm³/mol. The van der Waals surface area contributed by atoms with Crippen LogP contribution in [0.4, 0.5) is 0 Å². The topological polar surface area (TPSA) is 61.0 Å². The SMILES string of the molecule is COc1c(C)cc(-c2ccnc(CCN)n2)c(C)c1C. The maximum absolute atomic E-state index is 5.57. The molecule has 0 amide bonds. The molecule has 1 aromatic carbocycles. The Bertz CT molecular complexity index is 623. The summed E-state index contributed by atoms with van der Waals surface area (Å²) in [5.41, 5.74) is 11.1. The quantitative estimate of drug-likeness (QED) is 0.928. The highest BCUT2D eigenvalue weighted by atomic mass is 16.5. The Labute approximate surface area is 120 Å². The summed E-state index contributed by atoms with van der Waals surface area (Å²) in [4.78, 5) is 8.85. The third-order valence-electron chi connectivity index (χ3n) is 3.58. The van der Waals surface area contributed by atoms with Crippen LogP contribution in [-0.2, 0) is 6.42 Å². The van der Waals surface area contributed by atoms with Gasteiger partial charge >= 0.3 is 0 Å². The fraction of sp³-hybridized carbons (Fsp3) is 0.375. The number of nitrogens with two attached hydrogens (primary N) is 1. The Kier molecular flexibility index (Phi) is 4.35. The van der Waals surface area contributed by atoms with E-state index >= 15 is 0 Å². The van der Waals surface area contributed by atoms with Crippen molar-refractivity contribution >= 4 is 0 Å². The number of hydrogen-bond acceptors (Lipinski definition) is 4. The molecule has 1 heterocycles. The Morgan fingerprint density at radius 3 is 2.60 bits per heavy atom. The first kappa shape index (κ1) is 14.5. The zero-order valence-corrected chi connectivity index (χ0v) is 12.5. The van der Waals surface area contributed by atoms with E-state index < -0.39 is 0 Å². The predicted octanol–water partition coefficient (Wildman–Crippen LogP) is 2.58. The van der Waals surface area contributed by atoms with Crippen LogP contribution < -0.4 is 10.5 Å². The first-order valence-electron chi connectivity index (χ1n) is 6.75. The molecule has 4 nitrogen and oxygen atoms in total. The molecule has 2 N–H and O–H groups in total. The van der Waals surface area contributed by atoms with Gasteiger partial charge in [0.2, 0.25) is 0 Å². The average molecular weight is 271 g/mol. The van der Waals surface area contributed by atoms with Crippen LogP contribution in [-0.4, -0.2) is 23.6 Å². The Hall–Kier alpha value is -1.94. The fourth-order valence-corrected chi connectivity index (χ4v) is 2.44. The Morgan fingerprint density at radius 2 is 1.95 bits per heavy atom. The highest BCUT2D eigenvalue weighted by Gasteiger charge is 2.13. The molecule has 20 heavy (non-hydrogen) atoms. The summed E-state index contributed by atoms with van der Waals surface area (Å²) in [6, 6.07) is 4.06. The van der Waals surface area contributed by atoms with Crippen LogP contribution >= 0.6 is 0 Å². The van der Waals surface area contributed by atoms with E-state index in [0.29, 0.717) is 13.0 Å². The summed E-state index contributed by atoms with van der Waals surface area (Å²) in [6.45, 7) is 6.78. The van der Waals surface area contributed by atoms with Crippen molar-refractivity contribution in [2.24, 2.45) is 5.73 Å². The summed E-state index contributed by atoms with van der Waals surface area (Å²) < 4.78 is 5.46. The molecule has 0 radical (unpaired) electrons. The summed E-state index contributed by atoms with van der Waals surface area (Å²) in [6.07, 6.45) is 2.49. The highest BCUT2D eigenvalue weighted by Crippen LogP contribution is 2.33. The number of nitrogens with zero attached hydrogens (tertiary/aromatic N) is 2. The van der Waals surface area contributed by atoms with Gasteiger partial charge < -0.3 is 10.5 Å². The van der Waals surface area contributed by atoms with E-state index in [-0.39, 0.29) is 0 Å². The molecule has 0 saturated carbocycles. The number of methoxy groups -OCH3 is 1. The molecule has 2 rings (SSSR count). The van der Waals surface area contributed by atoms with E-state index in [1.165, 1.54) is 5.56 Å². The summed E-state index contributed by atoms with van der Waals surface area (Å²) >= 11 is 0.